The number of likely N-dealkylation sites (tertiary alicyclic amines) is 1. The topological polar surface area (TPSA) is 176 Å². The normalized spacial score (nSPS) is 28.1. The van der Waals surface area contributed by atoms with Crippen LogP contribution < -0.4 is 26.0 Å². The molecule has 1 aromatic carbocycles. The Kier molecular flexibility index (Phi) is 14.8. The maximum Gasteiger partial charge on any atom is 0.408 e. The van der Waals surface area contributed by atoms with E-state index in [-0.39, 0.29) is 49.1 Å². The number of methoxy groups -OCH3 is 1. The van der Waals surface area contributed by atoms with Crippen molar-refractivity contribution in [2.45, 2.75) is 115 Å². The number of amides is 3. The Hall–Kier alpha value is -4.79. The van der Waals surface area contributed by atoms with Gasteiger partial charge < -0.3 is 45.1 Å². The quantitative estimate of drug-likeness (QED) is 0.0959. The Morgan fingerprint density at radius 3 is 2.39 bits per heavy atom. The van der Waals surface area contributed by atoms with Crippen LogP contribution in [0, 0.1) is 23.2 Å². The lowest BCUT2D eigenvalue weighted by Gasteiger charge is -2.35. The fraction of sp³-hybridized carbons (Fsp3) is 0.646. The van der Waals surface area contributed by atoms with Gasteiger partial charge in [-0.3, -0.25) is 19.4 Å². The van der Waals surface area contributed by atoms with Gasteiger partial charge in [0.1, 0.15) is 53.0 Å². The van der Waals surface area contributed by atoms with E-state index in [4.69, 9.17) is 35.5 Å². The number of ether oxygens (including phenoxy) is 4. The van der Waals surface area contributed by atoms with Crippen molar-refractivity contribution in [2.75, 3.05) is 70.2 Å². The molecule has 8 rings (SSSR count). The van der Waals surface area contributed by atoms with Crippen LogP contribution in [0.1, 0.15) is 84.0 Å². The fourth-order valence-electron chi connectivity index (χ4n) is 10.1. The standard InChI is InChI=1S/C48H64ClF3N8O8S/c1-8-29-22-47(29,43(63)65-7)57-41(61)35-20-31(23-60(35)42(62)40(46(4,5)6)56-45(64)68-30-18-27-17-28(27)19-30)67-37-21-33(34-24-69-44(55-34)53-26(2)3)54-39-32(37)9-10-36(38(39)49)66-16-15-58-11-13-59(14-12-58)25-48(50,51)52/h8-10,21,24,26-31,33,35,40,54H,1,11-20,22-23,25H2,2-7H3,(H,53,55)(H,56,64)(H,57,61)/t27-,28+,29-,30?,31-,33?,35+,40-,47?/m1/s1. The van der Waals surface area contributed by atoms with Gasteiger partial charge >= 0.3 is 18.2 Å². The van der Waals surface area contributed by atoms with Gasteiger partial charge in [0.25, 0.3) is 0 Å². The maximum atomic E-state index is 14.9. The molecule has 16 nitrogen and oxygen atoms in total. The number of anilines is 2. The molecule has 2 saturated heterocycles. The predicted molar refractivity (Wildman–Crippen MR) is 255 cm³/mol. The van der Waals surface area contributed by atoms with E-state index >= 15 is 0 Å². The highest BCUT2D eigenvalue weighted by atomic mass is 35.5. The molecule has 9 atom stereocenters. The molecule has 4 N–H and O–H groups in total. The first-order valence-electron chi connectivity index (χ1n) is 23.8. The SMILES string of the molecule is C=C[C@@H]1CC1(NC(=O)[C@@H]1C[C@@H](OC2=CC(c3csc(NC(C)C)n3)Nc3c2ccc(OCCN2CCN(CC(F)(F)F)CC2)c3Cl)CN1C(=O)[C@@H](NC(=O)OC1C[C@@H]2C[C@@H]2C1)C(C)(C)C)C(=O)OC. The summed E-state index contributed by atoms with van der Waals surface area (Å²) in [6, 6.07) is 0.911. The molecule has 2 aromatic rings. The summed E-state index contributed by atoms with van der Waals surface area (Å²) in [5.41, 5.74) is -0.379. The molecule has 21 heteroatoms. The van der Waals surface area contributed by atoms with E-state index in [0.29, 0.717) is 73.0 Å². The first kappa shape index (κ1) is 50.6. The highest BCUT2D eigenvalue weighted by molar-refractivity contribution is 7.13. The van der Waals surface area contributed by atoms with Crippen molar-refractivity contribution >= 4 is 63.4 Å². The lowest BCUT2D eigenvalue weighted by atomic mass is 9.85. The minimum atomic E-state index is -4.24. The van der Waals surface area contributed by atoms with Crippen molar-refractivity contribution in [3.63, 3.8) is 0 Å². The van der Waals surface area contributed by atoms with Crippen molar-refractivity contribution in [2.24, 2.45) is 23.2 Å². The molecule has 0 spiro atoms. The number of piperazine rings is 1. The van der Waals surface area contributed by atoms with E-state index in [9.17, 15) is 32.3 Å². The van der Waals surface area contributed by atoms with E-state index in [0.717, 1.165) is 24.4 Å². The number of carbonyl (C=O) groups excluding carboxylic acids is 4. The third-order valence-electron chi connectivity index (χ3n) is 14.0. The van der Waals surface area contributed by atoms with E-state index in [1.54, 1.807) is 18.2 Å². The molecule has 3 saturated carbocycles. The molecular formula is C48H64ClF3N8O8S. The Labute approximate surface area is 410 Å². The van der Waals surface area contributed by atoms with Crippen LogP contribution in [-0.2, 0) is 28.6 Å². The summed E-state index contributed by atoms with van der Waals surface area (Å²) in [5, 5.41) is 15.5. The van der Waals surface area contributed by atoms with E-state index in [2.05, 4.69) is 32.7 Å². The minimum absolute atomic E-state index is 0.0308. The van der Waals surface area contributed by atoms with Gasteiger partial charge in [0.15, 0.2) is 5.13 Å². The largest absolute Gasteiger partial charge is 0.491 e. The highest BCUT2D eigenvalue weighted by Gasteiger charge is 2.62. The number of alkyl carbamates (subject to hydrolysis) is 1. The number of thiazole rings is 1. The van der Waals surface area contributed by atoms with E-state index < -0.39 is 71.8 Å². The molecule has 1 aromatic heterocycles. The number of fused-ring (bicyclic) bond motifs is 2. The number of rotatable bonds is 17. The molecular weight excluding hydrogens is 941 g/mol. The number of hydrogen-bond donors (Lipinski definition) is 4. The van der Waals surface area contributed by atoms with Crippen LogP contribution >= 0.6 is 22.9 Å². The third-order valence-corrected chi connectivity index (χ3v) is 15.1. The average Bonchev–Trinajstić information content (AvgIpc) is 3.95. The van der Waals surface area contributed by atoms with Crippen LogP contribution in [0.25, 0.3) is 5.76 Å². The van der Waals surface area contributed by atoms with Crippen LogP contribution in [0.4, 0.5) is 28.8 Å². The maximum absolute atomic E-state index is 14.9. The number of nitrogens with zero attached hydrogens (tertiary/aromatic N) is 4. The summed E-state index contributed by atoms with van der Waals surface area (Å²) >= 11 is 8.60. The predicted octanol–water partition coefficient (Wildman–Crippen LogP) is 6.84. The monoisotopic (exact) mass is 1000 g/mol. The van der Waals surface area contributed by atoms with Gasteiger partial charge in [0.2, 0.25) is 11.8 Å². The van der Waals surface area contributed by atoms with Gasteiger partial charge in [0, 0.05) is 62.0 Å². The number of nitrogens with one attached hydrogen (secondary N) is 4. The summed E-state index contributed by atoms with van der Waals surface area (Å²) in [5.74, 6) is -0.130. The summed E-state index contributed by atoms with van der Waals surface area (Å²) < 4.78 is 62.8. The van der Waals surface area contributed by atoms with Gasteiger partial charge in [-0.25, -0.2) is 14.6 Å². The van der Waals surface area contributed by atoms with Crippen LogP contribution in [0.3, 0.4) is 0 Å². The van der Waals surface area contributed by atoms with Crippen LogP contribution in [-0.4, -0.2) is 145 Å². The number of benzene rings is 1. The number of alkyl halides is 3. The first-order valence-corrected chi connectivity index (χ1v) is 25.0. The zero-order chi connectivity index (χ0) is 49.6. The lowest BCUT2D eigenvalue weighted by Crippen LogP contribution is -2.59. The molecule has 6 aliphatic rings. The minimum Gasteiger partial charge on any atom is -0.491 e. The number of esters is 1. The molecule has 69 heavy (non-hydrogen) atoms. The zero-order valence-corrected chi connectivity index (χ0v) is 41.5. The molecule has 3 aliphatic heterocycles. The van der Waals surface area contributed by atoms with Crippen molar-refractivity contribution < 1.29 is 51.3 Å². The molecule has 3 amide bonds. The van der Waals surface area contributed by atoms with Gasteiger partial charge in [-0.15, -0.1) is 17.9 Å². The Bertz CT molecular complexity index is 2290. The summed E-state index contributed by atoms with van der Waals surface area (Å²) in [4.78, 5) is 65.7. The van der Waals surface area contributed by atoms with Crippen LogP contribution in [0.15, 0.2) is 36.2 Å². The van der Waals surface area contributed by atoms with E-state index in [1.165, 1.54) is 28.2 Å². The molecule has 3 aliphatic carbocycles. The molecule has 5 fully saturated rings. The second-order valence-corrected chi connectivity index (χ2v) is 21.8. The number of hydrogen-bond acceptors (Lipinski definition) is 14. The number of halogens is 4. The Morgan fingerprint density at radius 2 is 1.75 bits per heavy atom. The summed E-state index contributed by atoms with van der Waals surface area (Å²) in [6.07, 6.45) is 0.627. The number of carbonyl (C=O) groups is 4. The van der Waals surface area contributed by atoms with Crippen molar-refractivity contribution in [3.05, 3.63) is 52.5 Å². The second kappa shape index (κ2) is 20.1. The van der Waals surface area contributed by atoms with Crippen LogP contribution in [0.5, 0.6) is 5.75 Å². The van der Waals surface area contributed by atoms with Gasteiger partial charge in [0.05, 0.1) is 37.6 Å². The summed E-state index contributed by atoms with van der Waals surface area (Å²) in [7, 11) is 1.25. The molecule has 0 bridgehead atoms. The van der Waals surface area contributed by atoms with Gasteiger partial charge in [-0.1, -0.05) is 38.4 Å². The smallest absolute Gasteiger partial charge is 0.408 e. The number of aromatic nitrogens is 1. The van der Waals surface area contributed by atoms with Crippen molar-refractivity contribution in [1.82, 2.24) is 30.3 Å². The van der Waals surface area contributed by atoms with Gasteiger partial charge in [-0.05, 0) is 75.0 Å². The molecule has 3 unspecified atom stereocenters. The first-order chi connectivity index (χ1) is 32.6. The average molecular weight is 1010 g/mol. The molecule has 4 heterocycles. The molecule has 378 valence electrons. The third kappa shape index (κ3) is 11.7. The van der Waals surface area contributed by atoms with Gasteiger partial charge in [-0.2, -0.15) is 13.2 Å². The lowest BCUT2D eigenvalue weighted by molar-refractivity contribution is -0.149. The van der Waals surface area contributed by atoms with Crippen LogP contribution in [0.2, 0.25) is 5.02 Å². The summed E-state index contributed by atoms with van der Waals surface area (Å²) in [6.45, 7) is 14.6. The Morgan fingerprint density at radius 1 is 1.04 bits per heavy atom. The highest BCUT2D eigenvalue weighted by Crippen LogP contribution is 2.53. The molecule has 0 radical (unpaired) electrons. The Balaban J connectivity index is 1.04. The van der Waals surface area contributed by atoms with Crippen molar-refractivity contribution in [1.29, 1.82) is 0 Å². The van der Waals surface area contributed by atoms with E-state index in [1.807, 2.05) is 46.1 Å². The second-order valence-electron chi connectivity index (χ2n) is 20.6. The zero-order valence-electron chi connectivity index (χ0n) is 40.0. The van der Waals surface area contributed by atoms with Crippen molar-refractivity contribution in [3.8, 4) is 5.75 Å². The fourth-order valence-corrected chi connectivity index (χ4v) is 11.2.